The summed E-state index contributed by atoms with van der Waals surface area (Å²) < 4.78 is 68.6. The molecule has 0 saturated carbocycles. The molecule has 0 radical (unpaired) electrons. The second-order valence-electron chi connectivity index (χ2n) is 29.9. The zero-order chi connectivity index (χ0) is 72.4. The van der Waals surface area contributed by atoms with Gasteiger partial charge < -0.3 is 33.8 Å². The summed E-state index contributed by atoms with van der Waals surface area (Å²) in [4.78, 5) is 72.8. The maximum atomic E-state index is 13.1. The molecule has 0 aromatic carbocycles. The van der Waals surface area contributed by atoms with E-state index >= 15 is 0 Å². The number of hydrogen-bond acceptors (Lipinski definition) is 15. The van der Waals surface area contributed by atoms with Gasteiger partial charge in [-0.25, -0.2) is 9.13 Å². The van der Waals surface area contributed by atoms with Crippen molar-refractivity contribution in [2.45, 2.75) is 420 Å². The highest BCUT2D eigenvalue weighted by molar-refractivity contribution is 7.47. The Hall–Kier alpha value is -1.94. The lowest BCUT2D eigenvalue weighted by Crippen LogP contribution is -2.30. The fourth-order valence-electron chi connectivity index (χ4n) is 12.0. The zero-order valence-electron chi connectivity index (χ0n) is 64.4. The van der Waals surface area contributed by atoms with Gasteiger partial charge in [0.25, 0.3) is 0 Å². The smallest absolute Gasteiger partial charge is 0.462 e. The van der Waals surface area contributed by atoms with E-state index in [1.807, 2.05) is 0 Å². The van der Waals surface area contributed by atoms with Crippen molar-refractivity contribution in [2.75, 3.05) is 39.6 Å². The van der Waals surface area contributed by atoms with Gasteiger partial charge in [-0.3, -0.25) is 37.3 Å². The summed E-state index contributed by atoms with van der Waals surface area (Å²) in [6.07, 6.45) is 54.3. The van der Waals surface area contributed by atoms with Crippen LogP contribution in [0.2, 0.25) is 0 Å². The van der Waals surface area contributed by atoms with Crippen molar-refractivity contribution in [3.05, 3.63) is 0 Å². The summed E-state index contributed by atoms with van der Waals surface area (Å²) >= 11 is 0. The summed E-state index contributed by atoms with van der Waals surface area (Å²) in [6.45, 7) is 14.2. The first-order valence-corrected chi connectivity index (χ1v) is 43.8. The number of carbonyl (C=O) groups is 4. The Bertz CT molecular complexity index is 1920. The molecule has 5 unspecified atom stereocenters. The highest BCUT2D eigenvalue weighted by atomic mass is 31.2. The van der Waals surface area contributed by atoms with Crippen LogP contribution < -0.4 is 0 Å². The number of unbranched alkanes of at least 4 members (excludes halogenated alkanes) is 40. The predicted octanol–water partition coefficient (Wildman–Crippen LogP) is 23.2. The Morgan fingerprint density at radius 2 is 0.490 bits per heavy atom. The number of aliphatic hydroxyl groups is 1. The number of ether oxygens (including phenoxy) is 4. The molecule has 0 aliphatic rings. The Balaban J connectivity index is 5.15. The number of hydrogen-bond donors (Lipinski definition) is 3. The Labute approximate surface area is 600 Å². The first-order chi connectivity index (χ1) is 47.2. The molecule has 3 N–H and O–H groups in total. The quantitative estimate of drug-likeness (QED) is 0.0222. The van der Waals surface area contributed by atoms with Crippen molar-refractivity contribution >= 4 is 39.5 Å². The molecule has 98 heavy (non-hydrogen) atoms. The summed E-state index contributed by atoms with van der Waals surface area (Å²) in [7, 11) is -9.92. The van der Waals surface area contributed by atoms with Crippen LogP contribution in [0, 0.1) is 23.7 Å². The maximum Gasteiger partial charge on any atom is 0.472 e. The lowest BCUT2D eigenvalue weighted by Gasteiger charge is -2.21. The molecule has 0 aromatic rings. The van der Waals surface area contributed by atoms with Crippen molar-refractivity contribution in [2.24, 2.45) is 23.7 Å². The zero-order valence-corrected chi connectivity index (χ0v) is 66.2. The first kappa shape index (κ1) is 96.1. The van der Waals surface area contributed by atoms with Gasteiger partial charge >= 0.3 is 39.5 Å². The second-order valence-corrected chi connectivity index (χ2v) is 32.8. The Kier molecular flexibility index (Phi) is 66.8. The van der Waals surface area contributed by atoms with Crippen LogP contribution in [0.3, 0.4) is 0 Å². The molecule has 0 spiro atoms. The number of phosphoric ester groups is 2. The SMILES string of the molecule is CCC(C)CCCCCCCCCCCCCCCCCCCCC(=O)O[C@H](COC(=O)CCCCCCCCCC(C)C)COP(=O)(O)OCC(O)COP(=O)(O)OC[C@@H](COC(=O)CCCCCCCCCCCCCCCC(C)C)OC(=O)CCCCCCCCC(C)CC. The number of carbonyl (C=O) groups excluding carboxylic acids is 4. The fraction of sp³-hybridized carbons (Fsp3) is 0.949. The fourth-order valence-corrected chi connectivity index (χ4v) is 13.6. The van der Waals surface area contributed by atoms with Crippen LogP contribution in [0.15, 0.2) is 0 Å². The lowest BCUT2D eigenvalue weighted by atomic mass is 9.99. The number of esters is 4. The minimum atomic E-state index is -4.96. The van der Waals surface area contributed by atoms with E-state index in [-0.39, 0.29) is 25.7 Å². The van der Waals surface area contributed by atoms with Gasteiger partial charge in [-0.2, -0.15) is 0 Å². The second kappa shape index (κ2) is 68.2. The van der Waals surface area contributed by atoms with Crippen LogP contribution in [0.4, 0.5) is 0 Å². The topological polar surface area (TPSA) is 237 Å². The minimum Gasteiger partial charge on any atom is -0.462 e. The average molecular weight is 1440 g/mol. The number of rotatable bonds is 76. The molecule has 19 heteroatoms. The predicted molar refractivity (Wildman–Crippen MR) is 400 cm³/mol. The molecular formula is C79H154O17P2. The molecule has 0 aliphatic carbocycles. The van der Waals surface area contributed by atoms with Crippen LogP contribution in [-0.4, -0.2) is 96.7 Å². The van der Waals surface area contributed by atoms with Gasteiger partial charge in [0.1, 0.15) is 19.3 Å². The van der Waals surface area contributed by atoms with Gasteiger partial charge in [0.2, 0.25) is 0 Å². The third kappa shape index (κ3) is 69.8. The van der Waals surface area contributed by atoms with E-state index in [0.29, 0.717) is 31.6 Å². The molecule has 0 bridgehead atoms. The Morgan fingerprint density at radius 1 is 0.286 bits per heavy atom. The van der Waals surface area contributed by atoms with Crippen LogP contribution in [0.25, 0.3) is 0 Å². The molecule has 0 heterocycles. The van der Waals surface area contributed by atoms with Gasteiger partial charge in [-0.15, -0.1) is 0 Å². The number of aliphatic hydroxyl groups excluding tert-OH is 1. The molecule has 0 saturated heterocycles. The van der Waals surface area contributed by atoms with E-state index in [4.69, 9.17) is 37.0 Å². The van der Waals surface area contributed by atoms with Gasteiger partial charge in [-0.05, 0) is 49.4 Å². The van der Waals surface area contributed by atoms with Gasteiger partial charge in [0.15, 0.2) is 12.2 Å². The molecule has 582 valence electrons. The van der Waals surface area contributed by atoms with Crippen molar-refractivity contribution in [1.82, 2.24) is 0 Å². The average Bonchev–Trinajstić information content (AvgIpc) is 1.11. The molecule has 0 rings (SSSR count). The highest BCUT2D eigenvalue weighted by Crippen LogP contribution is 2.45. The third-order valence-electron chi connectivity index (χ3n) is 19.0. The molecule has 0 aliphatic heterocycles. The van der Waals surface area contributed by atoms with E-state index in [1.54, 1.807) is 0 Å². The van der Waals surface area contributed by atoms with E-state index in [9.17, 15) is 43.2 Å². The summed E-state index contributed by atoms with van der Waals surface area (Å²) in [5.41, 5.74) is 0. The summed E-state index contributed by atoms with van der Waals surface area (Å²) in [5, 5.41) is 10.6. The van der Waals surface area contributed by atoms with E-state index in [2.05, 4.69) is 55.4 Å². The number of phosphoric acid groups is 2. The monoisotopic (exact) mass is 1440 g/mol. The molecule has 7 atom stereocenters. The minimum absolute atomic E-state index is 0.103. The standard InChI is InChI=1S/C79H154O17P2/c1-9-71(7)57-49-41-33-27-23-19-15-13-11-12-14-16-20-25-29-35-45-53-61-78(83)95-74(65-90-77(82)60-52-44-36-30-32-40-48-56-70(5)6)67-93-97(85,86)91-63-73(80)64-92-98(87,88)94-68-75(96-79(84)62-54-46-38-37-42-50-58-72(8)10-2)66-89-76(81)59-51-43-34-28-24-21-17-18-22-26-31-39-47-55-69(3)4/h69-75,80H,9-68H2,1-8H3,(H,85,86)(H,87,88)/t71?,72?,73?,74-,75-/m1/s1. The van der Waals surface area contributed by atoms with Crippen molar-refractivity contribution in [1.29, 1.82) is 0 Å². The van der Waals surface area contributed by atoms with E-state index in [0.717, 1.165) is 114 Å². The van der Waals surface area contributed by atoms with E-state index < -0.39 is 97.5 Å². The molecular weight excluding hydrogens is 1280 g/mol. The summed E-state index contributed by atoms with van der Waals surface area (Å²) in [5.74, 6) is 0.965. The van der Waals surface area contributed by atoms with Crippen molar-refractivity contribution in [3.8, 4) is 0 Å². The molecule has 17 nitrogen and oxygen atoms in total. The summed E-state index contributed by atoms with van der Waals surface area (Å²) in [6, 6.07) is 0. The van der Waals surface area contributed by atoms with E-state index in [1.165, 1.54) is 199 Å². The van der Waals surface area contributed by atoms with Gasteiger partial charge in [0.05, 0.1) is 26.4 Å². The third-order valence-corrected chi connectivity index (χ3v) is 20.9. The maximum absolute atomic E-state index is 13.1. The van der Waals surface area contributed by atoms with Gasteiger partial charge in [0, 0.05) is 25.7 Å². The normalized spacial score (nSPS) is 14.6. The lowest BCUT2D eigenvalue weighted by molar-refractivity contribution is -0.161. The largest absolute Gasteiger partial charge is 0.472 e. The molecule has 0 fully saturated rings. The van der Waals surface area contributed by atoms with Gasteiger partial charge in [-0.1, -0.05) is 351 Å². The first-order valence-electron chi connectivity index (χ1n) is 40.8. The van der Waals surface area contributed by atoms with Crippen LogP contribution in [0.5, 0.6) is 0 Å². The molecule has 0 aromatic heterocycles. The Morgan fingerprint density at radius 3 is 0.724 bits per heavy atom. The van der Waals surface area contributed by atoms with Crippen molar-refractivity contribution < 1.29 is 80.2 Å². The van der Waals surface area contributed by atoms with Crippen molar-refractivity contribution in [3.63, 3.8) is 0 Å². The van der Waals surface area contributed by atoms with Crippen LogP contribution in [0.1, 0.15) is 402 Å². The highest BCUT2D eigenvalue weighted by Gasteiger charge is 2.30. The van der Waals surface area contributed by atoms with Crippen LogP contribution >= 0.6 is 15.6 Å². The molecule has 0 amide bonds. The van der Waals surface area contributed by atoms with Crippen LogP contribution in [-0.2, 0) is 65.4 Å².